The van der Waals surface area contributed by atoms with Gasteiger partial charge in [0.15, 0.2) is 5.82 Å². The van der Waals surface area contributed by atoms with Gasteiger partial charge in [-0.25, -0.2) is 14.8 Å². The van der Waals surface area contributed by atoms with Crippen LogP contribution in [0.1, 0.15) is 16.8 Å². The van der Waals surface area contributed by atoms with E-state index in [4.69, 9.17) is 4.98 Å². The van der Waals surface area contributed by atoms with Crippen molar-refractivity contribution in [1.82, 2.24) is 40.3 Å². The van der Waals surface area contributed by atoms with E-state index in [1.165, 1.54) is 9.91 Å². The Kier molecular flexibility index (Phi) is 9.78. The van der Waals surface area contributed by atoms with Crippen molar-refractivity contribution in [2.75, 3.05) is 57.3 Å². The first-order valence-electron chi connectivity index (χ1n) is 17.1. The van der Waals surface area contributed by atoms with Gasteiger partial charge in [-0.3, -0.25) is 19.4 Å². The first-order chi connectivity index (χ1) is 24.4. The van der Waals surface area contributed by atoms with E-state index in [0.29, 0.717) is 11.7 Å². The summed E-state index contributed by atoms with van der Waals surface area (Å²) >= 11 is 0. The van der Waals surface area contributed by atoms with Gasteiger partial charge in [-0.1, -0.05) is 54.6 Å². The van der Waals surface area contributed by atoms with Gasteiger partial charge in [0.2, 0.25) is 5.91 Å². The lowest BCUT2D eigenvalue weighted by atomic mass is 10.0. The van der Waals surface area contributed by atoms with Crippen molar-refractivity contribution in [3.63, 3.8) is 0 Å². The predicted molar refractivity (Wildman–Crippen MR) is 188 cm³/mol. The molecule has 3 aromatic rings. The average molecular weight is 678 g/mol. The quantitative estimate of drug-likeness (QED) is 0.277. The molecule has 4 aliphatic heterocycles. The molecule has 13 heteroatoms. The number of nitrogens with zero attached hydrogens (tertiary/aromatic N) is 7. The molecule has 0 spiro atoms. The molecule has 5 heterocycles. The van der Waals surface area contributed by atoms with Gasteiger partial charge in [0.05, 0.1) is 25.0 Å². The van der Waals surface area contributed by atoms with Gasteiger partial charge in [0, 0.05) is 64.8 Å². The van der Waals surface area contributed by atoms with Crippen molar-refractivity contribution < 1.29 is 19.5 Å². The number of hydrazine groups is 1. The highest BCUT2D eigenvalue weighted by atomic mass is 16.3. The molecule has 7 rings (SSSR count). The minimum Gasteiger partial charge on any atom is -0.508 e. The Morgan fingerprint density at radius 1 is 0.980 bits per heavy atom. The van der Waals surface area contributed by atoms with Crippen molar-refractivity contribution in [2.45, 2.75) is 31.6 Å². The smallest absolute Gasteiger partial charge is 0.338 e. The van der Waals surface area contributed by atoms with E-state index in [9.17, 15) is 19.5 Å². The highest BCUT2D eigenvalue weighted by Gasteiger charge is 2.47. The lowest BCUT2D eigenvalue weighted by molar-refractivity contribution is -0.157. The molecule has 50 heavy (non-hydrogen) atoms. The number of hydrogen-bond acceptors (Lipinski definition) is 9. The number of rotatable bonds is 10. The first kappa shape index (κ1) is 33.3. The molecule has 1 aromatic heterocycles. The predicted octanol–water partition coefficient (Wildman–Crippen LogP) is 2.09. The molecular formula is C37H43N9O4. The highest BCUT2D eigenvalue weighted by Crippen LogP contribution is 2.32. The summed E-state index contributed by atoms with van der Waals surface area (Å²) in [5, 5.41) is 19.4. The van der Waals surface area contributed by atoms with E-state index >= 15 is 0 Å². The number of amides is 4. The maximum Gasteiger partial charge on any atom is 0.338 e. The normalized spacial score (nSPS) is 20.3. The standard InChI is InChI=1S/C37H43N9O4/c1-2-17-44-26-35(48)45-32(20-27-11-13-31(47)14-12-27)36(49)43(25-34(45)46(44)37(50)39-21-28-7-4-3-5-8-28)22-29-9-6-10-33(40-29)42-23-30(24-42)41-18-15-38-16-19-41/h2-14,25,30,32,38,47H,1,15-24,26H2,(H,39,50)/t32-/m0/s1. The molecule has 3 fully saturated rings. The van der Waals surface area contributed by atoms with Gasteiger partial charge >= 0.3 is 6.03 Å². The summed E-state index contributed by atoms with van der Waals surface area (Å²) in [6, 6.07) is 21.1. The fourth-order valence-electron chi connectivity index (χ4n) is 6.99. The number of aromatic hydroxyl groups is 1. The number of urea groups is 1. The van der Waals surface area contributed by atoms with Crippen molar-refractivity contribution in [3.8, 4) is 5.75 Å². The zero-order valence-electron chi connectivity index (χ0n) is 28.0. The zero-order chi connectivity index (χ0) is 34.6. The molecule has 0 radical (unpaired) electrons. The number of fused-ring (bicyclic) bond motifs is 1. The van der Waals surface area contributed by atoms with E-state index in [2.05, 4.69) is 27.0 Å². The highest BCUT2D eigenvalue weighted by molar-refractivity contribution is 5.94. The number of aromatic nitrogens is 1. The maximum atomic E-state index is 14.3. The van der Waals surface area contributed by atoms with E-state index < -0.39 is 12.1 Å². The van der Waals surface area contributed by atoms with Crippen LogP contribution in [0.2, 0.25) is 0 Å². The SMILES string of the molecule is C=CCN1CC(=O)N2C(=CN(Cc3cccc(N4CC(N5CCNCC5)C4)n3)C(=O)[C@@H]2Cc2ccc(O)cc2)N1C(=O)NCc1ccccc1. The van der Waals surface area contributed by atoms with Gasteiger partial charge in [0.1, 0.15) is 17.6 Å². The second kappa shape index (κ2) is 14.7. The van der Waals surface area contributed by atoms with E-state index in [1.54, 1.807) is 46.5 Å². The number of carbonyl (C=O) groups is 3. The zero-order valence-corrected chi connectivity index (χ0v) is 28.0. The molecule has 260 valence electrons. The molecule has 13 nitrogen and oxygen atoms in total. The number of piperazine rings is 1. The largest absolute Gasteiger partial charge is 0.508 e. The maximum absolute atomic E-state index is 14.3. The Morgan fingerprint density at radius 3 is 2.48 bits per heavy atom. The summed E-state index contributed by atoms with van der Waals surface area (Å²) in [7, 11) is 0. The third kappa shape index (κ3) is 7.06. The fourth-order valence-corrected chi connectivity index (χ4v) is 6.99. The summed E-state index contributed by atoms with van der Waals surface area (Å²) in [5.74, 6) is 0.648. The van der Waals surface area contributed by atoms with Crippen LogP contribution in [0.25, 0.3) is 0 Å². The number of nitrogens with one attached hydrogen (secondary N) is 2. The van der Waals surface area contributed by atoms with Crippen LogP contribution in [0.5, 0.6) is 5.75 Å². The molecule has 3 saturated heterocycles. The van der Waals surface area contributed by atoms with E-state index in [1.807, 2.05) is 48.5 Å². The Balaban J connectivity index is 1.18. The Bertz CT molecular complexity index is 1740. The van der Waals surface area contributed by atoms with Crippen LogP contribution in [0.3, 0.4) is 0 Å². The van der Waals surface area contributed by atoms with Crippen LogP contribution in [0.15, 0.2) is 97.5 Å². The van der Waals surface area contributed by atoms with Crippen molar-refractivity contribution in [1.29, 1.82) is 0 Å². The van der Waals surface area contributed by atoms with Crippen molar-refractivity contribution in [2.24, 2.45) is 0 Å². The number of pyridine rings is 1. The van der Waals surface area contributed by atoms with Crippen LogP contribution < -0.4 is 15.5 Å². The van der Waals surface area contributed by atoms with E-state index in [-0.39, 0.29) is 56.0 Å². The van der Waals surface area contributed by atoms with Gasteiger partial charge in [-0.05, 0) is 35.4 Å². The summed E-state index contributed by atoms with van der Waals surface area (Å²) in [5.41, 5.74) is 2.38. The lowest BCUT2D eigenvalue weighted by Gasteiger charge is -2.49. The van der Waals surface area contributed by atoms with Gasteiger partial charge < -0.3 is 25.5 Å². The second-order valence-corrected chi connectivity index (χ2v) is 13.0. The van der Waals surface area contributed by atoms with Crippen LogP contribution in [0, 0.1) is 0 Å². The molecule has 3 N–H and O–H groups in total. The lowest BCUT2D eigenvalue weighted by Crippen LogP contribution is -2.67. The van der Waals surface area contributed by atoms with Gasteiger partial charge in [-0.15, -0.1) is 6.58 Å². The molecule has 2 aromatic carbocycles. The average Bonchev–Trinajstić information content (AvgIpc) is 3.10. The van der Waals surface area contributed by atoms with Gasteiger partial charge in [0.25, 0.3) is 5.91 Å². The number of carbonyl (C=O) groups excluding carboxylic acids is 3. The number of anilines is 1. The van der Waals surface area contributed by atoms with Gasteiger partial charge in [-0.2, -0.15) is 5.01 Å². The van der Waals surface area contributed by atoms with Crippen LogP contribution >= 0.6 is 0 Å². The van der Waals surface area contributed by atoms with Crippen molar-refractivity contribution >= 4 is 23.7 Å². The third-order valence-corrected chi connectivity index (χ3v) is 9.65. The van der Waals surface area contributed by atoms with Crippen LogP contribution in [-0.4, -0.2) is 117 Å². The number of benzene rings is 2. The monoisotopic (exact) mass is 677 g/mol. The molecule has 1 atom stereocenters. The minimum atomic E-state index is -0.930. The number of phenolic OH excluding ortho intramolecular Hbond substituents is 1. The Morgan fingerprint density at radius 2 is 1.74 bits per heavy atom. The van der Waals surface area contributed by atoms with Crippen molar-refractivity contribution in [3.05, 3.63) is 114 Å². The van der Waals surface area contributed by atoms with E-state index in [0.717, 1.165) is 56.2 Å². The fraction of sp³-hybridized carbons (Fsp3) is 0.351. The molecule has 0 unspecified atom stereocenters. The second-order valence-electron chi connectivity index (χ2n) is 13.0. The Hall–Kier alpha value is -5.24. The van der Waals surface area contributed by atoms with Crippen LogP contribution in [-0.2, 0) is 29.1 Å². The summed E-state index contributed by atoms with van der Waals surface area (Å²) < 4.78 is 0. The minimum absolute atomic E-state index is 0.105. The summed E-state index contributed by atoms with van der Waals surface area (Å²) in [4.78, 5) is 54.9. The molecule has 4 aliphatic rings. The Labute approximate surface area is 292 Å². The molecule has 0 aliphatic carbocycles. The molecule has 0 bridgehead atoms. The number of phenols is 1. The summed E-state index contributed by atoms with van der Waals surface area (Å²) in [6.45, 7) is 10.3. The summed E-state index contributed by atoms with van der Waals surface area (Å²) in [6.07, 6.45) is 3.41. The topological polar surface area (TPSA) is 128 Å². The molecule has 4 amide bonds. The molecule has 0 saturated carbocycles. The first-order valence-corrected chi connectivity index (χ1v) is 17.1. The van der Waals surface area contributed by atoms with Crippen LogP contribution in [0.4, 0.5) is 10.6 Å². The molecular weight excluding hydrogens is 634 g/mol. The number of hydrogen-bond donors (Lipinski definition) is 3. The third-order valence-electron chi connectivity index (χ3n) is 9.65.